The minimum atomic E-state index is -2.94. The molecule has 0 unspecified atom stereocenters. The minimum Gasteiger partial charge on any atom is -0.355 e. The molecule has 4 aliphatic rings. The van der Waals surface area contributed by atoms with Gasteiger partial charge < -0.3 is 4.90 Å². The molecule has 11 heteroatoms. The van der Waals surface area contributed by atoms with E-state index in [0.717, 1.165) is 48.8 Å². The second kappa shape index (κ2) is 7.72. The molecule has 5 heterocycles. The quantitative estimate of drug-likeness (QED) is 0.482. The van der Waals surface area contributed by atoms with Crippen molar-refractivity contribution in [1.82, 2.24) is 24.6 Å². The maximum Gasteiger partial charge on any atom is 0.217 e. The zero-order valence-corrected chi connectivity index (χ0v) is 21.4. The Kier molecular flexibility index (Phi) is 4.85. The van der Waals surface area contributed by atoms with Gasteiger partial charge in [0.1, 0.15) is 11.6 Å². The molecule has 0 atom stereocenters. The van der Waals surface area contributed by atoms with Crippen molar-refractivity contribution < 1.29 is 12.8 Å². The molecule has 1 aliphatic carbocycles. The van der Waals surface area contributed by atoms with E-state index in [1.807, 2.05) is 24.3 Å². The smallest absolute Gasteiger partial charge is 0.217 e. The molecule has 188 valence electrons. The molecule has 3 aliphatic heterocycles. The standard InChI is InChI=1S/C25H26ClFN6O2S/c1-15-2-5-21(28-23(15)27)32-13-25(14-32)7-17(8-25)24-30-29-22-10-31(19-11-36(34,35)12-19)9-16-6-18(26)3-4-20(16)33(22)24/h2-6,17,19H,7-14H2,1H3. The molecule has 0 radical (unpaired) electrons. The lowest BCUT2D eigenvalue weighted by molar-refractivity contribution is 0.0580. The molecule has 2 aromatic heterocycles. The molecule has 3 aromatic rings. The van der Waals surface area contributed by atoms with Crippen molar-refractivity contribution in [2.24, 2.45) is 5.41 Å². The van der Waals surface area contributed by atoms with Gasteiger partial charge in [0.15, 0.2) is 15.7 Å². The SMILES string of the molecule is Cc1ccc(N2CC3(CC(c4nnc5n4-c4ccc(Cl)cc4CN(C4CS(=O)(=O)C4)C5)C3)C2)nc1F. The van der Waals surface area contributed by atoms with Gasteiger partial charge in [-0.2, -0.15) is 4.39 Å². The fraction of sp³-hybridized carbons (Fsp3) is 0.480. The lowest BCUT2D eigenvalue weighted by Gasteiger charge is -2.59. The summed E-state index contributed by atoms with van der Waals surface area (Å²) in [5, 5.41) is 9.86. The highest BCUT2D eigenvalue weighted by molar-refractivity contribution is 7.92. The van der Waals surface area contributed by atoms with E-state index in [4.69, 9.17) is 11.6 Å². The molecule has 0 N–H and O–H groups in total. The Bertz CT molecular complexity index is 1480. The van der Waals surface area contributed by atoms with Crippen LogP contribution in [0.4, 0.5) is 10.2 Å². The van der Waals surface area contributed by atoms with Gasteiger partial charge in [-0.3, -0.25) is 9.47 Å². The Morgan fingerprint density at radius 1 is 1.08 bits per heavy atom. The van der Waals surface area contributed by atoms with Crippen molar-refractivity contribution >= 4 is 27.3 Å². The number of pyridine rings is 1. The number of aromatic nitrogens is 4. The average Bonchev–Trinajstić information content (AvgIpc) is 3.07. The Labute approximate surface area is 214 Å². The van der Waals surface area contributed by atoms with Gasteiger partial charge in [0, 0.05) is 47.6 Å². The number of hydrogen-bond acceptors (Lipinski definition) is 7. The van der Waals surface area contributed by atoms with Gasteiger partial charge in [0.05, 0.1) is 23.7 Å². The first-order valence-electron chi connectivity index (χ1n) is 12.2. The molecular weight excluding hydrogens is 503 g/mol. The molecule has 1 saturated carbocycles. The van der Waals surface area contributed by atoms with Crippen molar-refractivity contribution in [3.63, 3.8) is 0 Å². The van der Waals surface area contributed by atoms with Gasteiger partial charge >= 0.3 is 0 Å². The fourth-order valence-corrected chi connectivity index (χ4v) is 8.03. The third kappa shape index (κ3) is 3.56. The second-order valence-electron chi connectivity index (χ2n) is 11.0. The fourth-order valence-electron chi connectivity index (χ4n) is 6.34. The molecule has 0 bridgehead atoms. The number of aryl methyl sites for hydroxylation is 1. The van der Waals surface area contributed by atoms with E-state index in [-0.39, 0.29) is 28.9 Å². The van der Waals surface area contributed by atoms with Gasteiger partial charge in [0.2, 0.25) is 5.95 Å². The topological polar surface area (TPSA) is 84.2 Å². The lowest BCUT2D eigenvalue weighted by Crippen LogP contribution is -2.62. The number of halogens is 2. The molecule has 0 amide bonds. The van der Waals surface area contributed by atoms with E-state index in [2.05, 4.69) is 29.5 Å². The third-order valence-electron chi connectivity index (χ3n) is 8.29. The maximum absolute atomic E-state index is 13.9. The summed E-state index contributed by atoms with van der Waals surface area (Å²) in [5.41, 5.74) is 2.85. The molecule has 1 spiro atoms. The predicted octanol–water partition coefficient (Wildman–Crippen LogP) is 3.26. The first-order valence-corrected chi connectivity index (χ1v) is 14.4. The van der Waals surface area contributed by atoms with Gasteiger partial charge in [-0.05, 0) is 49.6 Å². The molecule has 8 nitrogen and oxygen atoms in total. The summed E-state index contributed by atoms with van der Waals surface area (Å²) in [4.78, 5) is 8.44. The summed E-state index contributed by atoms with van der Waals surface area (Å²) >= 11 is 6.35. The largest absolute Gasteiger partial charge is 0.355 e. The van der Waals surface area contributed by atoms with Crippen LogP contribution in [0.25, 0.3) is 5.69 Å². The van der Waals surface area contributed by atoms with Crippen molar-refractivity contribution in [3.8, 4) is 5.69 Å². The predicted molar refractivity (Wildman–Crippen MR) is 134 cm³/mol. The lowest BCUT2D eigenvalue weighted by atomic mass is 9.57. The van der Waals surface area contributed by atoms with E-state index in [1.165, 1.54) is 0 Å². The van der Waals surface area contributed by atoms with Crippen molar-refractivity contribution in [2.75, 3.05) is 29.5 Å². The van der Waals surface area contributed by atoms with Crippen molar-refractivity contribution in [2.45, 2.75) is 44.8 Å². The van der Waals surface area contributed by atoms with E-state index in [1.54, 1.807) is 13.0 Å². The van der Waals surface area contributed by atoms with Gasteiger partial charge in [-0.1, -0.05) is 17.7 Å². The number of rotatable bonds is 3. The average molecular weight is 529 g/mol. The van der Waals surface area contributed by atoms with Gasteiger partial charge in [-0.25, -0.2) is 13.4 Å². The Balaban J connectivity index is 1.13. The number of fused-ring (bicyclic) bond motifs is 3. The summed E-state index contributed by atoms with van der Waals surface area (Å²) in [7, 11) is -2.94. The van der Waals surface area contributed by atoms with E-state index in [0.29, 0.717) is 29.5 Å². The first kappa shape index (κ1) is 22.6. The van der Waals surface area contributed by atoms with E-state index < -0.39 is 15.8 Å². The maximum atomic E-state index is 13.9. The van der Waals surface area contributed by atoms with Crippen LogP contribution in [0.1, 0.15) is 41.5 Å². The highest BCUT2D eigenvalue weighted by Crippen LogP contribution is 2.56. The Morgan fingerprint density at radius 2 is 1.86 bits per heavy atom. The number of hydrogen-bond donors (Lipinski definition) is 0. The molecule has 7 rings (SSSR count). The van der Waals surface area contributed by atoms with Crippen LogP contribution in [-0.4, -0.2) is 63.7 Å². The minimum absolute atomic E-state index is 0.0123. The van der Waals surface area contributed by atoms with Crippen molar-refractivity contribution in [3.05, 3.63) is 64.1 Å². The Hall–Kier alpha value is -2.56. The van der Waals surface area contributed by atoms with Crippen LogP contribution in [0.3, 0.4) is 0 Å². The van der Waals surface area contributed by atoms with Crippen LogP contribution >= 0.6 is 11.6 Å². The highest BCUT2D eigenvalue weighted by atomic mass is 35.5. The van der Waals surface area contributed by atoms with Crippen LogP contribution in [0.2, 0.25) is 5.02 Å². The van der Waals surface area contributed by atoms with Gasteiger partial charge in [-0.15, -0.1) is 10.2 Å². The molecule has 2 saturated heterocycles. The van der Waals surface area contributed by atoms with Crippen LogP contribution in [0.15, 0.2) is 30.3 Å². The first-order chi connectivity index (χ1) is 17.2. The third-order valence-corrected chi connectivity index (χ3v) is 10.3. The summed E-state index contributed by atoms with van der Waals surface area (Å²) < 4.78 is 39.8. The normalized spacial score (nSPS) is 22.8. The van der Waals surface area contributed by atoms with Crippen molar-refractivity contribution in [1.29, 1.82) is 0 Å². The molecule has 3 fully saturated rings. The number of nitrogens with zero attached hydrogens (tertiary/aromatic N) is 6. The summed E-state index contributed by atoms with van der Waals surface area (Å²) in [6, 6.07) is 9.53. The Morgan fingerprint density at radius 3 is 2.58 bits per heavy atom. The van der Waals surface area contributed by atoms with Crippen LogP contribution < -0.4 is 4.90 Å². The van der Waals surface area contributed by atoms with Crippen LogP contribution in [0.5, 0.6) is 0 Å². The van der Waals surface area contributed by atoms with Crippen LogP contribution in [-0.2, 0) is 22.9 Å². The zero-order chi connectivity index (χ0) is 24.8. The monoisotopic (exact) mass is 528 g/mol. The molecule has 1 aromatic carbocycles. The summed E-state index contributed by atoms with van der Waals surface area (Å²) in [6.45, 7) is 4.64. The molecule has 36 heavy (non-hydrogen) atoms. The highest BCUT2D eigenvalue weighted by Gasteiger charge is 2.54. The summed E-state index contributed by atoms with van der Waals surface area (Å²) in [6.07, 6.45) is 2.01. The number of sulfone groups is 1. The van der Waals surface area contributed by atoms with E-state index >= 15 is 0 Å². The number of anilines is 1. The van der Waals surface area contributed by atoms with Gasteiger partial charge in [0.25, 0.3) is 0 Å². The molecular formula is C25H26ClFN6O2S. The zero-order valence-electron chi connectivity index (χ0n) is 19.9. The van der Waals surface area contributed by atoms with E-state index in [9.17, 15) is 12.8 Å². The second-order valence-corrected chi connectivity index (χ2v) is 13.5. The summed E-state index contributed by atoms with van der Waals surface area (Å²) in [5.74, 6) is 2.75. The number of benzene rings is 1. The van der Waals surface area contributed by atoms with Crippen LogP contribution in [0, 0.1) is 18.3 Å².